The van der Waals surface area contributed by atoms with Crippen LogP contribution >= 0.6 is 11.6 Å². The average molecular weight is 442 g/mol. The van der Waals surface area contributed by atoms with Gasteiger partial charge in [0, 0.05) is 0 Å². The molecule has 0 saturated carbocycles. The molecule has 0 aliphatic rings. The Labute approximate surface area is 178 Å². The number of halogens is 1. The second kappa shape index (κ2) is 8.42. The maximum Gasteiger partial charge on any atom is 0.427 e. The number of fused-ring (bicyclic) bond motifs is 1. The van der Waals surface area contributed by atoms with E-state index in [0.29, 0.717) is 4.90 Å². The van der Waals surface area contributed by atoms with E-state index in [4.69, 9.17) is 21.1 Å². The first kappa shape index (κ1) is 23.3. The third-order valence-corrected chi connectivity index (χ3v) is 3.55. The van der Waals surface area contributed by atoms with Crippen LogP contribution in [0.2, 0.25) is 5.15 Å². The number of amides is 2. The van der Waals surface area contributed by atoms with Crippen LogP contribution in [-0.4, -0.2) is 56.0 Å². The lowest BCUT2D eigenvalue weighted by atomic mass is 10.2. The predicted octanol–water partition coefficient (Wildman–Crippen LogP) is 3.33. The number of imidazole rings is 1. The molecule has 2 aromatic heterocycles. The fourth-order valence-corrected chi connectivity index (χ4v) is 2.38. The van der Waals surface area contributed by atoms with Crippen LogP contribution in [0.3, 0.4) is 0 Å². The van der Waals surface area contributed by atoms with Crippen molar-refractivity contribution in [3.05, 3.63) is 11.5 Å². The van der Waals surface area contributed by atoms with Gasteiger partial charge >= 0.3 is 18.2 Å². The first-order chi connectivity index (χ1) is 13.7. The predicted molar refractivity (Wildman–Crippen MR) is 107 cm³/mol. The Morgan fingerprint density at radius 2 is 1.57 bits per heavy atom. The highest BCUT2D eigenvalue weighted by Gasteiger charge is 2.35. The summed E-state index contributed by atoms with van der Waals surface area (Å²) in [6.45, 7) is 9.63. The topological polar surface area (TPSA) is 126 Å². The van der Waals surface area contributed by atoms with Gasteiger partial charge in [0.25, 0.3) is 0 Å². The van der Waals surface area contributed by atoms with E-state index in [0.717, 1.165) is 0 Å². The smallest absolute Gasteiger partial charge is 0.427 e. The third-order valence-electron chi connectivity index (χ3n) is 3.29. The molecule has 0 unspecified atom stereocenters. The summed E-state index contributed by atoms with van der Waals surface area (Å²) in [7, 11) is 1.24. The Balaban J connectivity index is 2.58. The molecular weight excluding hydrogens is 418 g/mol. The van der Waals surface area contributed by atoms with Crippen LogP contribution < -0.4 is 4.90 Å². The van der Waals surface area contributed by atoms with Gasteiger partial charge < -0.3 is 18.8 Å². The van der Waals surface area contributed by atoms with E-state index in [1.807, 2.05) is 0 Å². The molecule has 0 aliphatic heterocycles. The number of methoxy groups -OCH3 is 1. The van der Waals surface area contributed by atoms with Gasteiger partial charge in [-0.3, -0.25) is 4.79 Å². The highest BCUT2D eigenvalue weighted by atomic mass is 35.5. The van der Waals surface area contributed by atoms with Crippen LogP contribution in [0.4, 0.5) is 15.5 Å². The number of imide groups is 1. The largest absolute Gasteiger partial charge is 0.468 e. The molecule has 2 amide bonds. The molecule has 0 aliphatic carbocycles. The van der Waals surface area contributed by atoms with Crippen LogP contribution in [0.5, 0.6) is 0 Å². The Bertz CT molecular complexity index is 948. The molecule has 2 rings (SSSR count). The van der Waals surface area contributed by atoms with E-state index in [2.05, 4.69) is 19.7 Å². The molecule has 0 aromatic carbocycles. The lowest BCUT2D eigenvalue weighted by molar-refractivity contribution is -0.141. The lowest BCUT2D eigenvalue weighted by Crippen LogP contribution is -2.44. The normalized spacial score (nSPS) is 11.9. The number of carbonyl (C=O) groups is 3. The summed E-state index contributed by atoms with van der Waals surface area (Å²) in [6, 6.07) is 0. The summed E-state index contributed by atoms with van der Waals surface area (Å²) < 4.78 is 16.6. The van der Waals surface area contributed by atoms with Crippen LogP contribution in [-0.2, 0) is 25.5 Å². The van der Waals surface area contributed by atoms with Crippen molar-refractivity contribution >= 4 is 46.9 Å². The fraction of sp³-hybridized carbons (Fsp3) is 0.556. The van der Waals surface area contributed by atoms with E-state index in [1.54, 1.807) is 41.5 Å². The number of carbonyl (C=O) groups excluding carboxylic acids is 3. The van der Waals surface area contributed by atoms with Crippen molar-refractivity contribution in [3.63, 3.8) is 0 Å². The van der Waals surface area contributed by atoms with Gasteiger partial charge in [0.2, 0.25) is 5.95 Å². The van der Waals surface area contributed by atoms with E-state index in [-0.39, 0.29) is 28.8 Å². The monoisotopic (exact) mass is 441 g/mol. The minimum absolute atomic E-state index is 0.118. The zero-order valence-corrected chi connectivity index (χ0v) is 18.6. The molecule has 0 bridgehead atoms. The highest BCUT2D eigenvalue weighted by Crippen LogP contribution is 2.25. The standard InChI is InChI=1S/C18H24ClN5O6/c1-17(2,3)29-15(26)24(16(27)30-18(4,5)6)14-21-12(19)11-13(22-14)23(9-20-11)8-10(25)28-7/h9H,8H2,1-7H3. The number of anilines is 1. The molecule has 2 heterocycles. The van der Waals surface area contributed by atoms with Gasteiger partial charge in [0.05, 0.1) is 13.4 Å². The van der Waals surface area contributed by atoms with Crippen molar-refractivity contribution in [2.75, 3.05) is 12.0 Å². The number of aromatic nitrogens is 4. The molecule has 164 valence electrons. The lowest BCUT2D eigenvalue weighted by Gasteiger charge is -2.27. The number of hydrogen-bond donors (Lipinski definition) is 0. The van der Waals surface area contributed by atoms with Crippen LogP contribution in [0.25, 0.3) is 11.2 Å². The maximum atomic E-state index is 12.8. The molecule has 0 radical (unpaired) electrons. The van der Waals surface area contributed by atoms with Gasteiger partial charge in [-0.1, -0.05) is 11.6 Å². The molecule has 0 N–H and O–H groups in total. The molecule has 12 heteroatoms. The van der Waals surface area contributed by atoms with Crippen molar-refractivity contribution in [2.24, 2.45) is 0 Å². The van der Waals surface area contributed by atoms with E-state index in [1.165, 1.54) is 18.0 Å². The maximum absolute atomic E-state index is 12.8. The van der Waals surface area contributed by atoms with E-state index in [9.17, 15) is 14.4 Å². The SMILES string of the molecule is COC(=O)Cn1cnc2c(Cl)nc(N(C(=O)OC(C)(C)C)C(=O)OC(C)(C)C)nc21. The van der Waals surface area contributed by atoms with Crippen molar-refractivity contribution in [2.45, 2.75) is 59.3 Å². The van der Waals surface area contributed by atoms with Gasteiger partial charge in [-0.15, -0.1) is 4.90 Å². The summed E-state index contributed by atoms with van der Waals surface area (Å²) >= 11 is 6.19. The van der Waals surface area contributed by atoms with Crippen molar-refractivity contribution in [3.8, 4) is 0 Å². The van der Waals surface area contributed by atoms with Crippen LogP contribution in [0.1, 0.15) is 41.5 Å². The summed E-state index contributed by atoms with van der Waals surface area (Å²) in [4.78, 5) is 50.0. The molecular formula is C18H24ClN5O6. The Morgan fingerprint density at radius 3 is 2.03 bits per heavy atom. The first-order valence-electron chi connectivity index (χ1n) is 8.93. The fourth-order valence-electron chi connectivity index (χ4n) is 2.17. The zero-order valence-electron chi connectivity index (χ0n) is 17.8. The quantitative estimate of drug-likeness (QED) is 0.400. The van der Waals surface area contributed by atoms with Crippen molar-refractivity contribution < 1.29 is 28.6 Å². The van der Waals surface area contributed by atoms with Crippen molar-refractivity contribution in [1.29, 1.82) is 0 Å². The molecule has 0 fully saturated rings. The summed E-state index contributed by atoms with van der Waals surface area (Å²) in [5.41, 5.74) is -1.51. The van der Waals surface area contributed by atoms with E-state index >= 15 is 0 Å². The molecule has 0 atom stereocenters. The van der Waals surface area contributed by atoms with Gasteiger partial charge in [-0.05, 0) is 41.5 Å². The van der Waals surface area contributed by atoms with Gasteiger partial charge in [0.15, 0.2) is 10.8 Å². The van der Waals surface area contributed by atoms with Crippen LogP contribution in [0.15, 0.2) is 6.33 Å². The van der Waals surface area contributed by atoms with Gasteiger partial charge in [0.1, 0.15) is 23.3 Å². The molecule has 0 spiro atoms. The summed E-state index contributed by atoms with van der Waals surface area (Å²) in [5.74, 6) is -0.940. The van der Waals surface area contributed by atoms with Gasteiger partial charge in [-0.2, -0.15) is 9.97 Å². The zero-order chi connectivity index (χ0) is 22.9. The summed E-state index contributed by atoms with van der Waals surface area (Å²) in [6.07, 6.45) is -0.783. The number of esters is 1. The number of nitrogens with zero attached hydrogens (tertiary/aromatic N) is 5. The second-order valence-electron chi connectivity index (χ2n) is 8.23. The Kier molecular flexibility index (Phi) is 6.55. The number of rotatable bonds is 3. The highest BCUT2D eigenvalue weighted by molar-refractivity contribution is 6.33. The Hall–Kier alpha value is -2.95. The second-order valence-corrected chi connectivity index (χ2v) is 8.59. The van der Waals surface area contributed by atoms with Gasteiger partial charge in [-0.25, -0.2) is 14.6 Å². The minimum Gasteiger partial charge on any atom is -0.468 e. The van der Waals surface area contributed by atoms with Crippen LogP contribution in [0, 0.1) is 0 Å². The number of ether oxygens (including phenoxy) is 3. The molecule has 2 aromatic rings. The van der Waals surface area contributed by atoms with Crippen molar-refractivity contribution in [1.82, 2.24) is 19.5 Å². The molecule has 30 heavy (non-hydrogen) atoms. The third kappa shape index (κ3) is 5.78. The average Bonchev–Trinajstić information content (AvgIpc) is 2.95. The number of hydrogen-bond acceptors (Lipinski definition) is 9. The first-order valence-corrected chi connectivity index (χ1v) is 9.31. The summed E-state index contributed by atoms with van der Waals surface area (Å²) in [5, 5.41) is -0.129. The van der Waals surface area contributed by atoms with E-state index < -0.39 is 29.4 Å². The molecule has 0 saturated heterocycles. The Morgan fingerprint density at radius 1 is 1.03 bits per heavy atom. The minimum atomic E-state index is -1.05. The molecule has 11 nitrogen and oxygen atoms in total.